The molecule has 6 aliphatic rings. The van der Waals surface area contributed by atoms with Gasteiger partial charge in [0.2, 0.25) is 0 Å². The topological polar surface area (TPSA) is 6.48 Å². The highest BCUT2D eigenvalue weighted by molar-refractivity contribution is 6.12. The Kier molecular flexibility index (Phi) is 4.70. The van der Waals surface area contributed by atoms with Gasteiger partial charge in [0.15, 0.2) is 0 Å². The highest BCUT2D eigenvalue weighted by Crippen LogP contribution is 2.60. The van der Waals surface area contributed by atoms with Crippen molar-refractivity contribution in [2.75, 3.05) is 9.80 Å². The Balaban J connectivity index is 1.17. The standard InChI is InChI=1S/C46H30N2/c1-3-13-33-27(11-1)29-17-9-21-39(29)47-41-19-7-5-15-35(41)43-31-24-26-38-44(32(31)23-25-37(43)45(33)47)36-16-6-8-20-42(36)48-40-22-10-18-30(40)28-12-2-4-14-34(28)46(38)48/h1-16,19-26,45-46H,17-18H2. The van der Waals surface area contributed by atoms with Gasteiger partial charge in [0.05, 0.1) is 12.1 Å². The van der Waals surface area contributed by atoms with Gasteiger partial charge in [-0.05, 0) is 104 Å². The minimum Gasteiger partial charge on any atom is -0.329 e. The molecule has 2 aliphatic carbocycles. The minimum absolute atomic E-state index is 0.126. The fraction of sp³-hybridized carbons (Fsp3) is 0.0870. The van der Waals surface area contributed by atoms with Crippen LogP contribution in [0.5, 0.6) is 0 Å². The van der Waals surface area contributed by atoms with E-state index in [2.05, 4.69) is 155 Å². The summed E-state index contributed by atoms with van der Waals surface area (Å²) in [6.45, 7) is 0. The van der Waals surface area contributed by atoms with E-state index in [9.17, 15) is 0 Å². The van der Waals surface area contributed by atoms with Gasteiger partial charge in [-0.2, -0.15) is 0 Å². The third-order valence-electron chi connectivity index (χ3n) is 11.7. The molecule has 4 heterocycles. The van der Waals surface area contributed by atoms with Crippen LogP contribution < -0.4 is 9.80 Å². The average molecular weight is 611 g/mol. The minimum atomic E-state index is 0.126. The third kappa shape index (κ3) is 2.96. The van der Waals surface area contributed by atoms with Crippen LogP contribution in [0, 0.1) is 0 Å². The lowest BCUT2D eigenvalue weighted by molar-refractivity contribution is 0.771. The molecule has 0 radical (unpaired) electrons. The molecule has 2 heteroatoms. The number of allylic oxidation sites excluding steroid dienone is 6. The first-order valence-electron chi connectivity index (χ1n) is 17.2. The highest BCUT2D eigenvalue weighted by Gasteiger charge is 2.43. The maximum absolute atomic E-state index is 2.62. The largest absolute Gasteiger partial charge is 0.329 e. The Morgan fingerprint density at radius 1 is 0.396 bits per heavy atom. The molecule has 224 valence electrons. The first-order chi connectivity index (χ1) is 23.9. The molecule has 2 atom stereocenters. The van der Waals surface area contributed by atoms with Crippen LogP contribution in [0.25, 0.3) is 44.2 Å². The summed E-state index contributed by atoms with van der Waals surface area (Å²) in [5.74, 6) is 0. The molecule has 2 unspecified atom stereocenters. The SMILES string of the molecule is C1=CC2=C(C1)c1ccccc1C1c3ccc4c5c(ccc4c3-c3ccccc3N21)C1c2ccccc2C2=C(C=CC2)N1c1ccccc1-5. The Morgan fingerprint density at radius 3 is 1.29 bits per heavy atom. The second kappa shape index (κ2) is 8.93. The van der Waals surface area contributed by atoms with Crippen LogP contribution in [0.4, 0.5) is 11.4 Å². The van der Waals surface area contributed by atoms with E-state index in [4.69, 9.17) is 0 Å². The lowest BCUT2D eigenvalue weighted by Gasteiger charge is -2.46. The molecule has 0 aromatic heterocycles. The molecule has 6 aromatic rings. The summed E-state index contributed by atoms with van der Waals surface area (Å²) in [4.78, 5) is 5.24. The molecule has 0 N–H and O–H groups in total. The van der Waals surface area contributed by atoms with Gasteiger partial charge in [-0.15, -0.1) is 0 Å². The molecule has 4 aliphatic heterocycles. The maximum Gasteiger partial charge on any atom is 0.0857 e. The number of nitrogens with zero attached hydrogens (tertiary/aromatic N) is 2. The van der Waals surface area contributed by atoms with Gasteiger partial charge in [-0.3, -0.25) is 0 Å². The molecule has 0 spiro atoms. The van der Waals surface area contributed by atoms with E-state index < -0.39 is 0 Å². The summed E-state index contributed by atoms with van der Waals surface area (Å²) in [5, 5.41) is 2.68. The predicted molar refractivity (Wildman–Crippen MR) is 198 cm³/mol. The number of benzene rings is 6. The zero-order valence-corrected chi connectivity index (χ0v) is 26.3. The van der Waals surface area contributed by atoms with Crippen LogP contribution in [0.15, 0.2) is 157 Å². The predicted octanol–water partition coefficient (Wildman–Crippen LogP) is 11.4. The molecule has 0 saturated heterocycles. The monoisotopic (exact) mass is 610 g/mol. The van der Waals surface area contributed by atoms with Crippen LogP contribution in [0.1, 0.15) is 58.3 Å². The Morgan fingerprint density at radius 2 is 0.812 bits per heavy atom. The molecule has 2 nitrogen and oxygen atoms in total. The van der Waals surface area contributed by atoms with Crippen LogP contribution in [-0.4, -0.2) is 0 Å². The second-order valence-corrected chi connectivity index (χ2v) is 13.8. The van der Waals surface area contributed by atoms with Crippen molar-refractivity contribution < 1.29 is 0 Å². The van der Waals surface area contributed by atoms with Crippen molar-refractivity contribution >= 4 is 33.3 Å². The first-order valence-corrected chi connectivity index (χ1v) is 17.2. The first kappa shape index (κ1) is 25.3. The average Bonchev–Trinajstić information content (AvgIpc) is 3.85. The van der Waals surface area contributed by atoms with Crippen molar-refractivity contribution in [2.24, 2.45) is 0 Å². The van der Waals surface area contributed by atoms with Gasteiger partial charge in [0.1, 0.15) is 0 Å². The quantitative estimate of drug-likeness (QED) is 0.169. The molecular formula is C46H30N2. The molecular weight excluding hydrogens is 581 g/mol. The normalized spacial score (nSPS) is 19.9. The molecule has 0 saturated carbocycles. The van der Waals surface area contributed by atoms with Gasteiger partial charge in [-0.25, -0.2) is 0 Å². The van der Waals surface area contributed by atoms with Gasteiger partial charge in [0, 0.05) is 33.9 Å². The van der Waals surface area contributed by atoms with E-state index in [1.165, 1.54) is 100 Å². The molecule has 0 amide bonds. The van der Waals surface area contributed by atoms with E-state index in [0.29, 0.717) is 0 Å². The zero-order valence-electron chi connectivity index (χ0n) is 26.3. The number of hydrogen-bond acceptors (Lipinski definition) is 2. The van der Waals surface area contributed by atoms with Crippen LogP contribution in [-0.2, 0) is 0 Å². The lowest BCUT2D eigenvalue weighted by Crippen LogP contribution is -2.35. The van der Waals surface area contributed by atoms with Crippen molar-refractivity contribution in [3.63, 3.8) is 0 Å². The number of rotatable bonds is 0. The fourth-order valence-corrected chi connectivity index (χ4v) is 9.95. The Labute approximate surface area is 279 Å². The van der Waals surface area contributed by atoms with Crippen LogP contribution >= 0.6 is 0 Å². The number of anilines is 2. The highest BCUT2D eigenvalue weighted by atomic mass is 15.2. The smallest absolute Gasteiger partial charge is 0.0857 e. The van der Waals surface area contributed by atoms with Crippen LogP contribution in [0.3, 0.4) is 0 Å². The summed E-state index contributed by atoms with van der Waals surface area (Å²) < 4.78 is 0. The zero-order chi connectivity index (χ0) is 31.1. The summed E-state index contributed by atoms with van der Waals surface area (Å²) >= 11 is 0. The van der Waals surface area contributed by atoms with E-state index in [1.54, 1.807) is 0 Å². The van der Waals surface area contributed by atoms with Crippen molar-refractivity contribution in [1.82, 2.24) is 0 Å². The molecule has 0 fully saturated rings. The maximum atomic E-state index is 2.62. The molecule has 12 rings (SSSR count). The lowest BCUT2D eigenvalue weighted by atomic mass is 9.74. The second-order valence-electron chi connectivity index (χ2n) is 13.8. The van der Waals surface area contributed by atoms with Crippen molar-refractivity contribution in [1.29, 1.82) is 0 Å². The summed E-state index contributed by atoms with van der Waals surface area (Å²) in [6, 6.07) is 46.4. The van der Waals surface area contributed by atoms with E-state index >= 15 is 0 Å². The number of fused-ring (bicyclic) bond motifs is 23. The fourth-order valence-electron chi connectivity index (χ4n) is 9.95. The van der Waals surface area contributed by atoms with Gasteiger partial charge >= 0.3 is 0 Å². The molecule has 48 heavy (non-hydrogen) atoms. The van der Waals surface area contributed by atoms with E-state index in [-0.39, 0.29) is 12.1 Å². The van der Waals surface area contributed by atoms with Crippen LogP contribution in [0.2, 0.25) is 0 Å². The van der Waals surface area contributed by atoms with Gasteiger partial charge < -0.3 is 9.80 Å². The Hall–Kier alpha value is -5.86. The number of hydrogen-bond donors (Lipinski definition) is 0. The van der Waals surface area contributed by atoms with Crippen molar-refractivity contribution in [3.8, 4) is 22.3 Å². The summed E-state index contributed by atoms with van der Waals surface area (Å²) in [7, 11) is 0. The van der Waals surface area contributed by atoms with Gasteiger partial charge in [-0.1, -0.05) is 121 Å². The molecule has 0 bridgehead atoms. The van der Waals surface area contributed by atoms with Gasteiger partial charge in [0.25, 0.3) is 0 Å². The van der Waals surface area contributed by atoms with E-state index in [1.807, 2.05) is 0 Å². The van der Waals surface area contributed by atoms with E-state index in [0.717, 1.165) is 12.8 Å². The third-order valence-corrected chi connectivity index (χ3v) is 11.7. The summed E-state index contributed by atoms with van der Waals surface area (Å²) in [5.41, 5.74) is 22.0. The van der Waals surface area contributed by atoms with Crippen molar-refractivity contribution in [3.05, 3.63) is 190 Å². The summed E-state index contributed by atoms with van der Waals surface area (Å²) in [6.07, 6.45) is 11.3. The molecule has 6 aromatic carbocycles. The number of para-hydroxylation sites is 2. The Bertz CT molecular complexity index is 2410. The van der Waals surface area contributed by atoms with Crippen molar-refractivity contribution in [2.45, 2.75) is 24.9 Å².